The Kier molecular flexibility index (Phi) is 4.90. The van der Waals surface area contributed by atoms with Crippen molar-refractivity contribution in [2.75, 3.05) is 26.7 Å². The molecule has 1 spiro atoms. The Labute approximate surface area is 156 Å². The van der Waals surface area contributed by atoms with Gasteiger partial charge in [-0.2, -0.15) is 0 Å². The van der Waals surface area contributed by atoms with Crippen molar-refractivity contribution >= 4 is 28.6 Å². The molecule has 2 aliphatic heterocycles. The third-order valence-electron chi connectivity index (χ3n) is 5.12. The first kappa shape index (κ1) is 17.1. The molecule has 4 heterocycles. The van der Waals surface area contributed by atoms with E-state index >= 15 is 0 Å². The highest BCUT2D eigenvalue weighted by Crippen LogP contribution is 2.41. The standard InChI is InChI=1S/C18H23N3O2S2/c1-21(10-13-12-25-16(20-13)15-3-2-8-24-15)11-14-9-18(17(22)23-14)4-6-19-7-5-18/h2-3,8,12,14,19H,4-7,9-11H2,1H3. The van der Waals surface area contributed by atoms with Crippen LogP contribution in [0.5, 0.6) is 0 Å². The molecule has 1 N–H and O–H groups in total. The van der Waals surface area contributed by atoms with Crippen molar-refractivity contribution in [3.63, 3.8) is 0 Å². The van der Waals surface area contributed by atoms with Crippen molar-refractivity contribution in [3.05, 3.63) is 28.6 Å². The molecular formula is C18H23N3O2S2. The van der Waals surface area contributed by atoms with Gasteiger partial charge < -0.3 is 10.1 Å². The van der Waals surface area contributed by atoms with Crippen LogP contribution in [0.1, 0.15) is 25.0 Å². The van der Waals surface area contributed by atoms with Gasteiger partial charge in [-0.05, 0) is 44.4 Å². The van der Waals surface area contributed by atoms with E-state index in [-0.39, 0.29) is 17.5 Å². The van der Waals surface area contributed by atoms with Crippen molar-refractivity contribution in [2.45, 2.75) is 31.9 Å². The summed E-state index contributed by atoms with van der Waals surface area (Å²) in [4.78, 5) is 20.5. The first-order valence-electron chi connectivity index (χ1n) is 8.73. The number of hydrogen-bond donors (Lipinski definition) is 1. The van der Waals surface area contributed by atoms with Crippen LogP contribution in [0.15, 0.2) is 22.9 Å². The molecule has 25 heavy (non-hydrogen) atoms. The zero-order valence-electron chi connectivity index (χ0n) is 14.4. The molecule has 2 aromatic rings. The van der Waals surface area contributed by atoms with Crippen LogP contribution in [-0.2, 0) is 16.1 Å². The largest absolute Gasteiger partial charge is 0.461 e. The zero-order valence-corrected chi connectivity index (χ0v) is 16.0. The van der Waals surface area contributed by atoms with Crippen LogP contribution in [-0.4, -0.2) is 48.6 Å². The Bertz CT molecular complexity index is 723. The van der Waals surface area contributed by atoms with Gasteiger partial charge in [0.05, 0.1) is 16.0 Å². The van der Waals surface area contributed by atoms with Gasteiger partial charge in [-0.1, -0.05) is 6.07 Å². The number of cyclic esters (lactones) is 1. The third-order valence-corrected chi connectivity index (χ3v) is 7.05. The fourth-order valence-electron chi connectivity index (χ4n) is 3.83. The number of nitrogens with one attached hydrogen (secondary N) is 1. The highest BCUT2D eigenvalue weighted by atomic mass is 32.1. The fraction of sp³-hybridized carbons (Fsp3) is 0.556. The summed E-state index contributed by atoms with van der Waals surface area (Å²) in [6, 6.07) is 4.16. The summed E-state index contributed by atoms with van der Waals surface area (Å²) < 4.78 is 5.70. The van der Waals surface area contributed by atoms with Crippen LogP contribution in [0.2, 0.25) is 0 Å². The second kappa shape index (κ2) is 7.15. The second-order valence-corrected chi connectivity index (χ2v) is 8.89. The molecule has 0 bridgehead atoms. The Morgan fingerprint density at radius 3 is 3.00 bits per heavy atom. The number of aromatic nitrogens is 1. The van der Waals surface area contributed by atoms with E-state index in [0.717, 1.165) is 56.1 Å². The number of carbonyl (C=O) groups excluding carboxylic acids is 1. The van der Waals surface area contributed by atoms with Crippen LogP contribution in [0.3, 0.4) is 0 Å². The third kappa shape index (κ3) is 3.65. The summed E-state index contributed by atoms with van der Waals surface area (Å²) in [6.45, 7) is 3.39. The number of thiazole rings is 1. The SMILES string of the molecule is CN(Cc1csc(-c2cccs2)n1)CC1CC2(CCNCC2)C(=O)O1. The number of likely N-dealkylation sites (N-methyl/N-ethyl adjacent to an activating group) is 1. The first-order chi connectivity index (χ1) is 12.1. The van der Waals surface area contributed by atoms with Gasteiger partial charge in [-0.3, -0.25) is 9.69 Å². The minimum Gasteiger partial charge on any atom is -0.461 e. The molecule has 0 saturated carbocycles. The maximum Gasteiger partial charge on any atom is 0.312 e. The lowest BCUT2D eigenvalue weighted by atomic mass is 9.76. The van der Waals surface area contributed by atoms with Gasteiger partial charge in [0, 0.05) is 24.9 Å². The van der Waals surface area contributed by atoms with E-state index in [9.17, 15) is 4.79 Å². The van der Waals surface area contributed by atoms with E-state index in [2.05, 4.69) is 40.2 Å². The van der Waals surface area contributed by atoms with Crippen LogP contribution in [0.25, 0.3) is 9.88 Å². The summed E-state index contributed by atoms with van der Waals surface area (Å²) in [5.74, 6) is 0.0149. The van der Waals surface area contributed by atoms with Gasteiger partial charge in [0.15, 0.2) is 0 Å². The number of hydrogen-bond acceptors (Lipinski definition) is 7. The lowest BCUT2D eigenvalue weighted by molar-refractivity contribution is -0.150. The maximum atomic E-state index is 12.4. The van der Waals surface area contributed by atoms with Crippen LogP contribution in [0.4, 0.5) is 0 Å². The van der Waals surface area contributed by atoms with Gasteiger partial charge in [0.2, 0.25) is 0 Å². The van der Waals surface area contributed by atoms with E-state index in [1.165, 1.54) is 4.88 Å². The van der Waals surface area contributed by atoms with E-state index in [1.807, 2.05) is 0 Å². The van der Waals surface area contributed by atoms with Gasteiger partial charge in [-0.25, -0.2) is 4.98 Å². The number of esters is 1. The molecule has 5 nitrogen and oxygen atoms in total. The van der Waals surface area contributed by atoms with Crippen molar-refractivity contribution < 1.29 is 9.53 Å². The molecule has 1 unspecified atom stereocenters. The smallest absolute Gasteiger partial charge is 0.312 e. The molecule has 2 fully saturated rings. The Hall–Kier alpha value is -1.28. The molecular weight excluding hydrogens is 354 g/mol. The minimum absolute atomic E-state index is 0.00556. The van der Waals surface area contributed by atoms with Gasteiger partial charge in [0.1, 0.15) is 11.1 Å². The molecule has 4 rings (SSSR count). The summed E-state index contributed by atoms with van der Waals surface area (Å²) in [5, 5.41) is 8.62. The number of thiophene rings is 1. The van der Waals surface area contributed by atoms with Crippen molar-refractivity contribution in [2.24, 2.45) is 5.41 Å². The van der Waals surface area contributed by atoms with Crippen molar-refractivity contribution in [1.82, 2.24) is 15.2 Å². The highest BCUT2D eigenvalue weighted by Gasteiger charge is 2.49. The summed E-state index contributed by atoms with van der Waals surface area (Å²) in [7, 11) is 2.07. The van der Waals surface area contributed by atoms with E-state index in [4.69, 9.17) is 9.72 Å². The van der Waals surface area contributed by atoms with Crippen molar-refractivity contribution in [1.29, 1.82) is 0 Å². The maximum absolute atomic E-state index is 12.4. The highest BCUT2D eigenvalue weighted by molar-refractivity contribution is 7.20. The Morgan fingerprint density at radius 1 is 1.40 bits per heavy atom. The molecule has 2 saturated heterocycles. The summed E-state index contributed by atoms with van der Waals surface area (Å²) >= 11 is 3.41. The first-order valence-corrected chi connectivity index (χ1v) is 10.5. The molecule has 1 atom stereocenters. The summed E-state index contributed by atoms with van der Waals surface area (Å²) in [6.07, 6.45) is 2.67. The van der Waals surface area contributed by atoms with E-state index < -0.39 is 0 Å². The molecule has 2 aromatic heterocycles. The molecule has 0 aliphatic carbocycles. The fourth-order valence-corrected chi connectivity index (χ4v) is 5.46. The molecule has 0 radical (unpaired) electrons. The predicted octanol–water partition coefficient (Wildman–Crippen LogP) is 2.99. The number of ether oxygens (including phenoxy) is 1. The average Bonchev–Trinajstić information content (AvgIpc) is 3.30. The van der Waals surface area contributed by atoms with Crippen LogP contribution in [0, 0.1) is 5.41 Å². The monoisotopic (exact) mass is 377 g/mol. The van der Waals surface area contributed by atoms with Gasteiger partial charge >= 0.3 is 5.97 Å². The topological polar surface area (TPSA) is 54.5 Å². The zero-order chi connectivity index (χ0) is 17.3. The van der Waals surface area contributed by atoms with Gasteiger partial charge in [0.25, 0.3) is 0 Å². The molecule has 7 heteroatoms. The van der Waals surface area contributed by atoms with Crippen LogP contribution < -0.4 is 5.32 Å². The van der Waals surface area contributed by atoms with Gasteiger partial charge in [-0.15, -0.1) is 22.7 Å². The normalized spacial score (nSPS) is 22.6. The number of nitrogens with zero attached hydrogens (tertiary/aromatic N) is 2. The minimum atomic E-state index is -0.232. The molecule has 134 valence electrons. The lowest BCUT2D eigenvalue weighted by Crippen LogP contribution is -2.39. The Morgan fingerprint density at radius 2 is 2.24 bits per heavy atom. The second-order valence-electron chi connectivity index (χ2n) is 7.08. The molecule has 0 aromatic carbocycles. The van der Waals surface area contributed by atoms with Crippen molar-refractivity contribution in [3.8, 4) is 9.88 Å². The van der Waals surface area contributed by atoms with E-state index in [1.54, 1.807) is 22.7 Å². The molecule has 0 amide bonds. The van der Waals surface area contributed by atoms with Crippen LogP contribution >= 0.6 is 22.7 Å². The quantitative estimate of drug-likeness (QED) is 0.812. The molecule has 2 aliphatic rings. The number of piperidine rings is 1. The number of rotatable bonds is 5. The van der Waals surface area contributed by atoms with E-state index in [0.29, 0.717) is 0 Å². The number of carbonyl (C=O) groups is 1. The predicted molar refractivity (Wildman–Crippen MR) is 101 cm³/mol. The summed E-state index contributed by atoms with van der Waals surface area (Å²) in [5.41, 5.74) is 0.848. The lowest BCUT2D eigenvalue weighted by Gasteiger charge is -2.29. The Balaban J connectivity index is 1.33. The average molecular weight is 378 g/mol.